The van der Waals surface area contributed by atoms with Gasteiger partial charge in [-0.25, -0.2) is 0 Å². The lowest BCUT2D eigenvalue weighted by Gasteiger charge is -2.43. The van der Waals surface area contributed by atoms with Gasteiger partial charge >= 0.3 is 6.18 Å². The van der Waals surface area contributed by atoms with Crippen LogP contribution in [0, 0.1) is 11.8 Å². The summed E-state index contributed by atoms with van der Waals surface area (Å²) < 4.78 is 50.1. The third-order valence-corrected chi connectivity index (χ3v) is 7.10. The molecule has 5 rings (SSSR count). The highest BCUT2D eigenvalue weighted by Crippen LogP contribution is 2.38. The fourth-order valence-corrected chi connectivity index (χ4v) is 5.39. The summed E-state index contributed by atoms with van der Waals surface area (Å²) in [6, 6.07) is 13.0. The van der Waals surface area contributed by atoms with E-state index >= 15 is 0 Å². The predicted molar refractivity (Wildman–Crippen MR) is 122 cm³/mol. The topological polar surface area (TPSA) is 42.0 Å². The molecule has 1 amide bonds. The first kappa shape index (κ1) is 23.2. The van der Waals surface area contributed by atoms with Gasteiger partial charge < -0.3 is 19.3 Å². The van der Waals surface area contributed by atoms with Gasteiger partial charge in [0.1, 0.15) is 5.60 Å². The van der Waals surface area contributed by atoms with Gasteiger partial charge in [0.15, 0.2) is 0 Å². The highest BCUT2D eigenvalue weighted by molar-refractivity contribution is 5.94. The number of hydrogen-bond donors (Lipinski definition) is 0. The van der Waals surface area contributed by atoms with Crippen LogP contribution >= 0.6 is 0 Å². The molecule has 3 fully saturated rings. The number of halogens is 3. The molecule has 3 aliphatic heterocycles. The summed E-state index contributed by atoms with van der Waals surface area (Å²) in [7, 11) is 0. The Labute approximate surface area is 197 Å². The van der Waals surface area contributed by atoms with Crippen molar-refractivity contribution >= 4 is 11.6 Å². The van der Waals surface area contributed by atoms with Crippen LogP contribution in [0.3, 0.4) is 0 Å². The maximum Gasteiger partial charge on any atom is 0.416 e. The molecule has 5 nitrogen and oxygen atoms in total. The number of alkyl halides is 3. The zero-order valence-corrected chi connectivity index (χ0v) is 19.3. The Bertz CT molecular complexity index is 1040. The van der Waals surface area contributed by atoms with Crippen LogP contribution in [0.1, 0.15) is 35.3 Å². The Morgan fingerprint density at radius 1 is 1.03 bits per heavy atom. The van der Waals surface area contributed by atoms with Crippen molar-refractivity contribution in [1.82, 2.24) is 4.90 Å². The molecule has 0 aliphatic carbocycles. The summed E-state index contributed by atoms with van der Waals surface area (Å²) in [6.45, 7) is 7.74. The molecule has 0 saturated carbocycles. The van der Waals surface area contributed by atoms with Crippen molar-refractivity contribution in [3.8, 4) is 0 Å². The van der Waals surface area contributed by atoms with Crippen LogP contribution in [-0.2, 0) is 21.3 Å². The van der Waals surface area contributed by atoms with E-state index in [1.807, 2.05) is 43.0 Å². The van der Waals surface area contributed by atoms with E-state index in [0.29, 0.717) is 43.7 Å². The monoisotopic (exact) mass is 474 g/mol. The zero-order valence-electron chi connectivity index (χ0n) is 19.3. The summed E-state index contributed by atoms with van der Waals surface area (Å²) in [4.78, 5) is 17.3. The molecule has 3 heterocycles. The fourth-order valence-electron chi connectivity index (χ4n) is 5.39. The molecule has 2 atom stereocenters. The predicted octanol–water partition coefficient (Wildman–Crippen LogP) is 4.56. The summed E-state index contributed by atoms with van der Waals surface area (Å²) in [5.41, 5.74) is 1.28. The smallest absolute Gasteiger partial charge is 0.375 e. The summed E-state index contributed by atoms with van der Waals surface area (Å²) in [5.74, 6) is 0.632. The summed E-state index contributed by atoms with van der Waals surface area (Å²) >= 11 is 0. The van der Waals surface area contributed by atoms with Crippen LogP contribution in [-0.4, -0.2) is 56.3 Å². The first-order valence-corrected chi connectivity index (χ1v) is 11.7. The number of nitrogens with zero attached hydrogens (tertiary/aromatic N) is 2. The van der Waals surface area contributed by atoms with Crippen LogP contribution in [0.25, 0.3) is 0 Å². The zero-order chi connectivity index (χ0) is 24.1. The average molecular weight is 475 g/mol. The SMILES string of the molecule is CC(C)OC1(c2cccc(C(=O)N3CC4CN(c5ccc(C(F)(F)F)cc5)CC4C3)c2)COC1. The minimum atomic E-state index is -4.33. The Kier molecular flexibility index (Phi) is 5.84. The van der Waals surface area contributed by atoms with Gasteiger partial charge in [-0.2, -0.15) is 13.2 Å². The molecule has 2 unspecified atom stereocenters. The van der Waals surface area contributed by atoms with E-state index in [1.165, 1.54) is 12.1 Å². The van der Waals surface area contributed by atoms with E-state index in [4.69, 9.17) is 9.47 Å². The maximum absolute atomic E-state index is 13.3. The van der Waals surface area contributed by atoms with Gasteiger partial charge in [-0.1, -0.05) is 12.1 Å². The van der Waals surface area contributed by atoms with Crippen molar-refractivity contribution in [2.75, 3.05) is 44.3 Å². The number of carbonyl (C=O) groups excluding carboxylic acids is 1. The van der Waals surface area contributed by atoms with Gasteiger partial charge in [-0.3, -0.25) is 4.79 Å². The number of likely N-dealkylation sites (tertiary alicyclic amines) is 1. The van der Waals surface area contributed by atoms with E-state index < -0.39 is 17.3 Å². The van der Waals surface area contributed by atoms with Crippen LogP contribution in [0.15, 0.2) is 48.5 Å². The number of hydrogen-bond acceptors (Lipinski definition) is 4. The molecule has 0 bridgehead atoms. The van der Waals surface area contributed by atoms with Gasteiger partial charge in [0, 0.05) is 49.3 Å². The second-order valence-electron chi connectivity index (χ2n) is 9.91. The Balaban J connectivity index is 1.23. The largest absolute Gasteiger partial charge is 0.416 e. The quantitative estimate of drug-likeness (QED) is 0.637. The van der Waals surface area contributed by atoms with E-state index in [9.17, 15) is 18.0 Å². The molecule has 182 valence electrons. The average Bonchev–Trinajstić information content (AvgIpc) is 3.35. The summed E-state index contributed by atoms with van der Waals surface area (Å²) in [6.07, 6.45) is -4.28. The molecule has 2 aromatic carbocycles. The highest BCUT2D eigenvalue weighted by atomic mass is 19.4. The molecule has 3 saturated heterocycles. The minimum Gasteiger partial charge on any atom is -0.375 e. The van der Waals surface area contributed by atoms with Gasteiger partial charge in [0.2, 0.25) is 0 Å². The van der Waals surface area contributed by atoms with Crippen molar-refractivity contribution in [2.45, 2.75) is 31.7 Å². The normalized spacial score (nSPS) is 23.8. The number of rotatable bonds is 5. The molecule has 8 heteroatoms. The molecule has 0 N–H and O–H groups in total. The number of amides is 1. The second-order valence-corrected chi connectivity index (χ2v) is 9.91. The van der Waals surface area contributed by atoms with E-state index in [-0.39, 0.29) is 12.0 Å². The molecule has 3 aliphatic rings. The van der Waals surface area contributed by atoms with E-state index in [0.717, 1.165) is 36.5 Å². The van der Waals surface area contributed by atoms with Crippen LogP contribution in [0.5, 0.6) is 0 Å². The van der Waals surface area contributed by atoms with Crippen molar-refractivity contribution in [3.05, 3.63) is 65.2 Å². The van der Waals surface area contributed by atoms with Crippen molar-refractivity contribution in [3.63, 3.8) is 0 Å². The van der Waals surface area contributed by atoms with Crippen LogP contribution in [0.2, 0.25) is 0 Å². The van der Waals surface area contributed by atoms with Gasteiger partial charge in [0.05, 0.1) is 24.9 Å². The number of carbonyl (C=O) groups is 1. The van der Waals surface area contributed by atoms with Gasteiger partial charge in [-0.05, 0) is 55.8 Å². The Morgan fingerprint density at radius 2 is 1.68 bits per heavy atom. The number of fused-ring (bicyclic) bond motifs is 1. The van der Waals surface area contributed by atoms with Crippen molar-refractivity contribution < 1.29 is 27.4 Å². The van der Waals surface area contributed by atoms with Crippen molar-refractivity contribution in [1.29, 1.82) is 0 Å². The van der Waals surface area contributed by atoms with E-state index in [1.54, 1.807) is 0 Å². The number of ether oxygens (including phenoxy) is 2. The lowest BCUT2D eigenvalue weighted by atomic mass is 9.90. The molecule has 34 heavy (non-hydrogen) atoms. The molecule has 0 radical (unpaired) electrons. The second kappa shape index (κ2) is 8.57. The van der Waals surface area contributed by atoms with Gasteiger partial charge in [-0.15, -0.1) is 0 Å². The maximum atomic E-state index is 13.3. The lowest BCUT2D eigenvalue weighted by Crippen LogP contribution is -2.50. The minimum absolute atomic E-state index is 0.0114. The molecule has 0 aromatic heterocycles. The molecular weight excluding hydrogens is 445 g/mol. The molecular formula is C26H29F3N2O3. The first-order chi connectivity index (χ1) is 16.1. The van der Waals surface area contributed by atoms with Crippen molar-refractivity contribution in [2.24, 2.45) is 11.8 Å². The standard InChI is InChI=1S/C26H29F3N2O3/c1-17(2)34-25(15-33-16-25)22-5-3-4-18(10-22)24(32)31-13-19-11-30(12-20(19)14-31)23-8-6-21(7-9-23)26(27,28)29/h3-10,17,19-20H,11-16H2,1-2H3. The fraction of sp³-hybridized carbons (Fsp3) is 0.500. The van der Waals surface area contributed by atoms with Crippen LogP contribution in [0.4, 0.5) is 18.9 Å². The summed E-state index contributed by atoms with van der Waals surface area (Å²) in [5, 5.41) is 0. The highest BCUT2D eigenvalue weighted by Gasteiger charge is 2.44. The third-order valence-electron chi connectivity index (χ3n) is 7.10. The van der Waals surface area contributed by atoms with E-state index in [2.05, 4.69) is 4.90 Å². The molecule has 0 spiro atoms. The molecule has 2 aromatic rings. The Morgan fingerprint density at radius 3 is 2.21 bits per heavy atom. The van der Waals surface area contributed by atoms with Crippen LogP contribution < -0.4 is 4.90 Å². The lowest BCUT2D eigenvalue weighted by molar-refractivity contribution is -0.232. The Hall–Kier alpha value is -2.58. The number of benzene rings is 2. The third kappa shape index (κ3) is 4.29. The number of anilines is 1. The first-order valence-electron chi connectivity index (χ1n) is 11.7. The van der Waals surface area contributed by atoms with Gasteiger partial charge in [0.25, 0.3) is 5.91 Å².